The smallest absolute Gasteiger partial charge is 0.160 e. The number of nitrogens with zero attached hydrogens (tertiary/aromatic N) is 5. The Kier molecular flexibility index (Phi) is 4.02. The molecule has 0 radical (unpaired) electrons. The van der Waals surface area contributed by atoms with Crippen LogP contribution in [-0.4, -0.2) is 31.1 Å². The van der Waals surface area contributed by atoms with Gasteiger partial charge in [-0.3, -0.25) is 9.38 Å². The van der Waals surface area contributed by atoms with Gasteiger partial charge in [0.1, 0.15) is 11.6 Å². The number of methoxy groups -OCH3 is 1. The van der Waals surface area contributed by atoms with E-state index in [1.165, 1.54) is 11.5 Å². The van der Waals surface area contributed by atoms with Crippen LogP contribution in [-0.2, 0) is 6.42 Å². The van der Waals surface area contributed by atoms with Gasteiger partial charge in [0.05, 0.1) is 29.4 Å². The van der Waals surface area contributed by atoms with Gasteiger partial charge in [0.2, 0.25) is 0 Å². The molecule has 5 rings (SSSR count). The first-order valence-corrected chi connectivity index (χ1v) is 9.67. The first-order valence-electron chi connectivity index (χ1n) is 8.89. The van der Waals surface area contributed by atoms with E-state index in [2.05, 4.69) is 54.4 Å². The van der Waals surface area contributed by atoms with E-state index in [1.807, 2.05) is 25.1 Å². The average Bonchev–Trinajstić information content (AvgIpc) is 3.33. The number of ether oxygens (including phenoxy) is 1. The lowest BCUT2D eigenvalue weighted by atomic mass is 10.1. The molecule has 0 aliphatic carbocycles. The zero-order valence-electron chi connectivity index (χ0n) is 15.5. The van der Waals surface area contributed by atoms with Gasteiger partial charge in [0.25, 0.3) is 0 Å². The Morgan fingerprint density at radius 1 is 1.07 bits per heavy atom. The fourth-order valence-electron chi connectivity index (χ4n) is 3.27. The molecule has 0 saturated carbocycles. The summed E-state index contributed by atoms with van der Waals surface area (Å²) in [5.74, 6) is 1.65. The lowest BCUT2D eigenvalue weighted by Gasteiger charge is -2.05. The highest BCUT2D eigenvalue weighted by Gasteiger charge is 2.10. The molecule has 0 amide bonds. The fourth-order valence-corrected chi connectivity index (χ4v) is 4.01. The maximum absolute atomic E-state index is 5.29. The molecule has 0 bridgehead atoms. The molecule has 0 spiro atoms. The predicted octanol–water partition coefficient (Wildman–Crippen LogP) is 4.31. The summed E-state index contributed by atoms with van der Waals surface area (Å²) in [6, 6.07) is 14.4. The summed E-state index contributed by atoms with van der Waals surface area (Å²) < 4.78 is 11.7. The van der Waals surface area contributed by atoms with Gasteiger partial charge in [-0.25, -0.2) is 0 Å². The number of aromatic nitrogens is 5. The second-order valence-corrected chi connectivity index (χ2v) is 7.48. The third-order valence-electron chi connectivity index (χ3n) is 4.70. The Balaban J connectivity index is 1.53. The maximum Gasteiger partial charge on any atom is 0.160 e. The normalized spacial score (nSPS) is 11.4. The van der Waals surface area contributed by atoms with Gasteiger partial charge in [-0.05, 0) is 60.4 Å². The molecule has 7 heteroatoms. The van der Waals surface area contributed by atoms with Gasteiger partial charge < -0.3 is 4.74 Å². The predicted molar refractivity (Wildman–Crippen MR) is 110 cm³/mol. The number of pyridine rings is 2. The van der Waals surface area contributed by atoms with E-state index >= 15 is 0 Å². The van der Waals surface area contributed by atoms with Crippen LogP contribution < -0.4 is 4.74 Å². The highest BCUT2D eigenvalue weighted by molar-refractivity contribution is 7.09. The third-order valence-corrected chi connectivity index (χ3v) is 5.63. The summed E-state index contributed by atoms with van der Waals surface area (Å²) in [4.78, 5) is 5.57. The van der Waals surface area contributed by atoms with Crippen LogP contribution in [0.4, 0.5) is 0 Å². The zero-order valence-corrected chi connectivity index (χ0v) is 16.3. The van der Waals surface area contributed by atoms with Gasteiger partial charge in [-0.2, -0.15) is 4.37 Å². The van der Waals surface area contributed by atoms with Crippen molar-refractivity contribution in [3.63, 3.8) is 0 Å². The van der Waals surface area contributed by atoms with Gasteiger partial charge in [-0.15, -0.1) is 10.2 Å². The van der Waals surface area contributed by atoms with Crippen molar-refractivity contribution in [1.29, 1.82) is 0 Å². The lowest BCUT2D eigenvalue weighted by molar-refractivity contribution is 0.414. The van der Waals surface area contributed by atoms with Crippen LogP contribution in [0.25, 0.3) is 27.0 Å². The molecular formula is C21H17N5OS. The molecule has 1 aromatic carbocycles. The standard InChI is InChI=1S/C21H17N5OS/c1-13-7-19(28-25-13)15-4-6-20-23-24-21(26(20)12-15)9-14-3-5-18-16(8-14)10-17(27-2)11-22-18/h3-8,10-12H,9H2,1-2H3. The third kappa shape index (κ3) is 2.99. The SMILES string of the molecule is COc1cnc2ccc(Cc3nnc4ccc(-c5cc(C)ns5)cn34)cc2c1. The molecule has 4 aromatic heterocycles. The summed E-state index contributed by atoms with van der Waals surface area (Å²) in [6.45, 7) is 2.01. The molecule has 0 N–H and O–H groups in total. The van der Waals surface area contributed by atoms with E-state index in [0.717, 1.165) is 49.8 Å². The largest absolute Gasteiger partial charge is 0.495 e. The number of rotatable bonds is 4. The van der Waals surface area contributed by atoms with Crippen molar-refractivity contribution < 1.29 is 4.74 Å². The van der Waals surface area contributed by atoms with E-state index in [1.54, 1.807) is 13.3 Å². The van der Waals surface area contributed by atoms with Crippen LogP contribution in [0.1, 0.15) is 17.1 Å². The van der Waals surface area contributed by atoms with Crippen molar-refractivity contribution in [2.75, 3.05) is 7.11 Å². The quantitative estimate of drug-likeness (QED) is 0.460. The van der Waals surface area contributed by atoms with Crippen LogP contribution >= 0.6 is 11.5 Å². The van der Waals surface area contributed by atoms with E-state index in [9.17, 15) is 0 Å². The summed E-state index contributed by atoms with van der Waals surface area (Å²) in [7, 11) is 1.65. The van der Waals surface area contributed by atoms with Crippen molar-refractivity contribution in [3.8, 4) is 16.2 Å². The van der Waals surface area contributed by atoms with Crippen LogP contribution in [0.5, 0.6) is 5.75 Å². The molecule has 0 aliphatic rings. The molecule has 6 nitrogen and oxygen atoms in total. The van der Waals surface area contributed by atoms with Crippen LogP contribution in [0.3, 0.4) is 0 Å². The monoisotopic (exact) mass is 387 g/mol. The molecule has 0 fully saturated rings. The van der Waals surface area contributed by atoms with Gasteiger partial charge >= 0.3 is 0 Å². The average molecular weight is 387 g/mol. The molecule has 0 aliphatic heterocycles. The first-order chi connectivity index (χ1) is 13.7. The summed E-state index contributed by atoms with van der Waals surface area (Å²) in [5, 5.41) is 9.77. The summed E-state index contributed by atoms with van der Waals surface area (Å²) >= 11 is 1.51. The number of hydrogen-bond acceptors (Lipinski definition) is 6. The number of fused-ring (bicyclic) bond motifs is 2. The molecule has 0 saturated heterocycles. The second kappa shape index (κ2) is 6.69. The zero-order chi connectivity index (χ0) is 19.1. The molecular weight excluding hydrogens is 370 g/mol. The van der Waals surface area contributed by atoms with Crippen molar-refractivity contribution in [3.05, 3.63) is 71.9 Å². The van der Waals surface area contributed by atoms with Gasteiger partial charge in [-0.1, -0.05) is 6.07 Å². The van der Waals surface area contributed by atoms with Crippen molar-refractivity contribution in [1.82, 2.24) is 24.0 Å². The number of benzene rings is 1. The van der Waals surface area contributed by atoms with E-state index in [-0.39, 0.29) is 0 Å². The minimum atomic E-state index is 0.680. The van der Waals surface area contributed by atoms with Gasteiger partial charge in [0.15, 0.2) is 5.65 Å². The van der Waals surface area contributed by atoms with Crippen molar-refractivity contribution in [2.45, 2.75) is 13.3 Å². The van der Waals surface area contributed by atoms with Crippen LogP contribution in [0.2, 0.25) is 0 Å². The lowest BCUT2D eigenvalue weighted by Crippen LogP contribution is -1.97. The maximum atomic E-state index is 5.29. The highest BCUT2D eigenvalue weighted by atomic mass is 32.1. The molecule has 0 atom stereocenters. The Morgan fingerprint density at radius 2 is 2.00 bits per heavy atom. The van der Waals surface area contributed by atoms with E-state index < -0.39 is 0 Å². The van der Waals surface area contributed by atoms with Crippen molar-refractivity contribution in [2.24, 2.45) is 0 Å². The number of hydrogen-bond donors (Lipinski definition) is 0. The minimum absolute atomic E-state index is 0.680. The molecule has 4 heterocycles. The highest BCUT2D eigenvalue weighted by Crippen LogP contribution is 2.26. The molecule has 28 heavy (non-hydrogen) atoms. The second-order valence-electron chi connectivity index (χ2n) is 6.67. The topological polar surface area (TPSA) is 65.2 Å². The Morgan fingerprint density at radius 3 is 2.82 bits per heavy atom. The molecule has 0 unspecified atom stereocenters. The van der Waals surface area contributed by atoms with Gasteiger partial charge in [0, 0.05) is 23.6 Å². The Hall–Kier alpha value is -3.32. The van der Waals surface area contributed by atoms with Crippen molar-refractivity contribution >= 4 is 28.1 Å². The fraction of sp³-hybridized carbons (Fsp3) is 0.143. The molecule has 5 aromatic rings. The number of aryl methyl sites for hydroxylation is 1. The van der Waals surface area contributed by atoms with Crippen LogP contribution in [0, 0.1) is 6.92 Å². The molecule has 138 valence electrons. The summed E-state index contributed by atoms with van der Waals surface area (Å²) in [6.07, 6.45) is 4.50. The Bertz CT molecular complexity index is 1310. The van der Waals surface area contributed by atoms with Crippen LogP contribution in [0.15, 0.2) is 54.9 Å². The Labute approximate surface area is 165 Å². The van der Waals surface area contributed by atoms with E-state index in [0.29, 0.717) is 6.42 Å². The minimum Gasteiger partial charge on any atom is -0.495 e. The first kappa shape index (κ1) is 16.8. The van der Waals surface area contributed by atoms with E-state index in [4.69, 9.17) is 4.74 Å². The summed E-state index contributed by atoms with van der Waals surface area (Å²) in [5.41, 5.74) is 5.08.